The van der Waals surface area contributed by atoms with Crippen LogP contribution >= 0.6 is 0 Å². The van der Waals surface area contributed by atoms with Gasteiger partial charge in [-0.3, -0.25) is 43.7 Å². The summed E-state index contributed by atoms with van der Waals surface area (Å²) in [4.78, 5) is 104. The van der Waals surface area contributed by atoms with Gasteiger partial charge in [-0.2, -0.15) is 0 Å². The van der Waals surface area contributed by atoms with E-state index in [1.54, 1.807) is 55.4 Å². The molecule has 3 fully saturated rings. The Balaban J connectivity index is 0.000000626. The van der Waals surface area contributed by atoms with Crippen molar-refractivity contribution in [3.8, 4) is 0 Å². The third-order valence-electron chi connectivity index (χ3n) is 10.3. The summed E-state index contributed by atoms with van der Waals surface area (Å²) in [6.45, 7) is 37.4. The van der Waals surface area contributed by atoms with Crippen LogP contribution in [0.3, 0.4) is 0 Å². The number of cyclic esters (lactones) is 1. The molecule has 0 aromatic rings. The molecule has 0 spiro atoms. The lowest BCUT2D eigenvalue weighted by atomic mass is 10.2. The van der Waals surface area contributed by atoms with Crippen molar-refractivity contribution < 1.29 is 67.1 Å². The number of carboxylic acid groups (broad SMARTS) is 1. The second-order valence-corrected chi connectivity index (χ2v) is 22.6. The lowest BCUT2D eigenvalue weighted by Gasteiger charge is -2.32. The van der Waals surface area contributed by atoms with E-state index in [1.165, 1.54) is 0 Å². The molecule has 3 heterocycles. The number of Topliss-reactive ketones (excluding diaryl/α,β-unsaturated/α-hetero) is 2. The number of nitrogens with zero attached hydrogens (tertiary/aromatic N) is 5. The Labute approximate surface area is 440 Å². The largest absolute Gasteiger partial charge is 0.480 e. The number of ether oxygens (including phenoxy) is 5. The lowest BCUT2D eigenvalue weighted by molar-refractivity contribution is -0.163. The van der Waals surface area contributed by atoms with Crippen molar-refractivity contribution in [3.05, 3.63) is 0 Å². The van der Waals surface area contributed by atoms with Crippen molar-refractivity contribution in [2.45, 2.75) is 131 Å². The number of carbonyl (C=O) groups excluding carboxylic acids is 7. The molecule has 0 aliphatic carbocycles. The van der Waals surface area contributed by atoms with E-state index in [2.05, 4.69) is 41.1 Å². The Hall–Kier alpha value is -4.56. The predicted molar refractivity (Wildman–Crippen MR) is 279 cm³/mol. The smallest absolute Gasteiger partial charge is 0.408 e. The molecule has 74 heavy (non-hydrogen) atoms. The second-order valence-electron chi connectivity index (χ2n) is 22.6. The van der Waals surface area contributed by atoms with Crippen LogP contribution in [0.5, 0.6) is 0 Å². The topological polar surface area (TPSA) is 279 Å². The molecule has 3 saturated heterocycles. The average molecular weight is 1060 g/mol. The van der Waals surface area contributed by atoms with Crippen molar-refractivity contribution in [2.75, 3.05) is 144 Å². The van der Waals surface area contributed by atoms with E-state index in [1.807, 2.05) is 56.2 Å². The Morgan fingerprint density at radius 3 is 1.16 bits per heavy atom. The van der Waals surface area contributed by atoms with Crippen molar-refractivity contribution in [3.63, 3.8) is 0 Å². The van der Waals surface area contributed by atoms with E-state index < -0.39 is 58.6 Å². The minimum absolute atomic E-state index is 0.0427. The van der Waals surface area contributed by atoms with Crippen LogP contribution in [0.4, 0.5) is 9.59 Å². The maximum absolute atomic E-state index is 12.5. The molecule has 2 amide bonds. The molecule has 0 saturated carbocycles. The maximum Gasteiger partial charge on any atom is 0.408 e. The van der Waals surface area contributed by atoms with Gasteiger partial charge in [-0.05, 0) is 96.9 Å². The summed E-state index contributed by atoms with van der Waals surface area (Å²) in [6.07, 6.45) is -1.39. The van der Waals surface area contributed by atoms with Crippen LogP contribution in [-0.2, 0) is 52.5 Å². The molecule has 0 aromatic heterocycles. The number of rotatable bonds is 13. The zero-order valence-corrected chi connectivity index (χ0v) is 47.2. The molecule has 6 N–H and O–H groups in total. The molecular formula is C50H94N10O14. The van der Waals surface area contributed by atoms with Gasteiger partial charge in [0.05, 0.1) is 26.2 Å². The van der Waals surface area contributed by atoms with Crippen LogP contribution in [0.15, 0.2) is 0 Å². The van der Waals surface area contributed by atoms with Crippen molar-refractivity contribution in [1.82, 2.24) is 51.1 Å². The number of carboxylic acids is 1. The first-order valence-electron chi connectivity index (χ1n) is 25.7. The molecule has 24 heteroatoms. The summed E-state index contributed by atoms with van der Waals surface area (Å²) in [7, 11) is 0. The van der Waals surface area contributed by atoms with Gasteiger partial charge in [0.2, 0.25) is 0 Å². The number of hydrogen-bond donors (Lipinski definition) is 6. The second kappa shape index (κ2) is 33.5. The zero-order valence-electron chi connectivity index (χ0n) is 47.2. The molecule has 0 unspecified atom stereocenters. The Morgan fingerprint density at radius 1 is 0.527 bits per heavy atom. The molecule has 0 bridgehead atoms. The first-order chi connectivity index (χ1) is 34.2. The summed E-state index contributed by atoms with van der Waals surface area (Å²) in [6, 6.07) is -1.72. The highest BCUT2D eigenvalue weighted by atomic mass is 16.6. The van der Waals surface area contributed by atoms with E-state index in [0.717, 1.165) is 52.4 Å². The summed E-state index contributed by atoms with van der Waals surface area (Å²) in [5, 5.41) is 24.8. The van der Waals surface area contributed by atoms with Crippen LogP contribution in [0.2, 0.25) is 0 Å². The minimum atomic E-state index is -1.19. The van der Waals surface area contributed by atoms with Gasteiger partial charge in [0.15, 0.2) is 6.04 Å². The van der Waals surface area contributed by atoms with Crippen LogP contribution in [-0.4, -0.2) is 256 Å². The molecule has 2 atom stereocenters. The molecule has 3 rings (SSSR count). The van der Waals surface area contributed by atoms with E-state index in [-0.39, 0.29) is 43.2 Å². The first-order valence-corrected chi connectivity index (χ1v) is 25.7. The molecular weight excluding hydrogens is 965 g/mol. The monoisotopic (exact) mass is 1060 g/mol. The fourth-order valence-corrected chi connectivity index (χ4v) is 7.16. The van der Waals surface area contributed by atoms with Crippen molar-refractivity contribution in [2.24, 2.45) is 0 Å². The van der Waals surface area contributed by atoms with Crippen LogP contribution in [0.25, 0.3) is 0 Å². The normalized spacial score (nSPS) is 19.6. The van der Waals surface area contributed by atoms with Crippen LogP contribution in [0.1, 0.15) is 96.9 Å². The van der Waals surface area contributed by atoms with Crippen LogP contribution in [0, 0.1) is 0 Å². The minimum Gasteiger partial charge on any atom is -0.480 e. The number of nitrogens with one attached hydrogen (secondary N) is 5. The average Bonchev–Trinajstić information content (AvgIpc) is 3.21. The Kier molecular flexibility index (Phi) is 30.5. The fraction of sp³-hybridized carbons (Fsp3) is 0.840. The van der Waals surface area contributed by atoms with E-state index in [9.17, 15) is 43.5 Å². The highest BCUT2D eigenvalue weighted by Crippen LogP contribution is 2.12. The number of hydrogen-bond acceptors (Lipinski definition) is 21. The van der Waals surface area contributed by atoms with E-state index in [0.29, 0.717) is 72.0 Å². The summed E-state index contributed by atoms with van der Waals surface area (Å²) < 4.78 is 25.5. The van der Waals surface area contributed by atoms with Gasteiger partial charge >= 0.3 is 36.1 Å². The molecule has 428 valence electrons. The SMILES string of the molecule is CC(=O)CN1CCNCCN(CC(=O)OC(C)(C)C)CCN(C[C@@H](NC(=O)OC(C)(C)C)C(=O)O)CC1.CC(=O)CN1CCNCCN(CC(=O)OC(C)(C)C)CCNCC1.CC(C)(C)OC(=O)N[C@@H]1COC1=O. The third kappa shape index (κ3) is 36.4. The molecule has 3 aliphatic heterocycles. The standard InChI is InChI=1S/C25H47N5O7.C17H34N4O3.C8H13NO4/c1-19(31)16-28-10-8-26-9-11-29(18-21(32)36-24(2,3)4)13-15-30(14-12-28)17-20(22(33)34)27-23(35)37-25(5,6)7;1-15(22)13-20-9-5-18-7-11-21(12-8-19-6-10-20)14-16(23)24-17(2,3)4;1-8(2,3)13-7(11)9-5-4-12-6(5)10/h20,26H,8-18H2,1-7H3,(H,27,35)(H,33,34);18-19H,5-14H2,1-4H3;5H,4H2,1-3H3,(H,9,11)/t20-;;5-/m1.1/s1. The molecule has 24 nitrogen and oxygen atoms in total. The van der Waals surface area contributed by atoms with Gasteiger partial charge in [-0.25, -0.2) is 19.2 Å². The lowest BCUT2D eigenvalue weighted by Crippen LogP contribution is -2.53. The highest BCUT2D eigenvalue weighted by Gasteiger charge is 2.34. The first kappa shape index (κ1) is 67.5. The number of alkyl carbamates (subject to hydrolysis) is 2. The summed E-state index contributed by atoms with van der Waals surface area (Å²) >= 11 is 0. The van der Waals surface area contributed by atoms with Crippen molar-refractivity contribution >= 4 is 47.6 Å². The zero-order chi connectivity index (χ0) is 56.3. The Morgan fingerprint density at radius 2 is 0.851 bits per heavy atom. The number of aliphatic carboxylic acids is 1. The van der Waals surface area contributed by atoms with E-state index in [4.69, 9.17) is 18.9 Å². The summed E-state index contributed by atoms with van der Waals surface area (Å²) in [5.74, 6) is -1.84. The van der Waals surface area contributed by atoms with E-state index >= 15 is 0 Å². The molecule has 0 aromatic carbocycles. The van der Waals surface area contributed by atoms with Gasteiger partial charge in [-0.1, -0.05) is 0 Å². The molecule has 3 aliphatic rings. The third-order valence-corrected chi connectivity index (χ3v) is 10.3. The van der Waals surface area contributed by atoms with Crippen LogP contribution < -0.4 is 26.6 Å². The van der Waals surface area contributed by atoms with Gasteiger partial charge < -0.3 is 55.4 Å². The van der Waals surface area contributed by atoms with Gasteiger partial charge in [0, 0.05) is 111 Å². The molecule has 0 radical (unpaired) electrons. The quantitative estimate of drug-likeness (QED) is 0.109. The van der Waals surface area contributed by atoms with Crippen molar-refractivity contribution in [1.29, 1.82) is 0 Å². The number of amides is 2. The number of carbonyl (C=O) groups is 8. The summed E-state index contributed by atoms with van der Waals surface area (Å²) in [5.41, 5.74) is -2.34. The number of esters is 3. The van der Waals surface area contributed by atoms with Gasteiger partial charge in [0.1, 0.15) is 46.6 Å². The fourth-order valence-electron chi connectivity index (χ4n) is 7.16. The van der Waals surface area contributed by atoms with Gasteiger partial charge in [0.25, 0.3) is 0 Å². The highest BCUT2D eigenvalue weighted by molar-refractivity contribution is 5.85. The Bertz CT molecular complexity index is 1750. The predicted octanol–water partition coefficient (Wildman–Crippen LogP) is 0.555. The van der Waals surface area contributed by atoms with Gasteiger partial charge in [-0.15, -0.1) is 0 Å². The number of ketones is 2. The maximum atomic E-state index is 12.5.